The number of methoxy groups -OCH3 is 1. The number of alkyl carbamates (subject to hydrolysis) is 1. The van der Waals surface area contributed by atoms with Crippen LogP contribution in [0.4, 0.5) is 4.79 Å². The number of carbonyl (C=O) groups is 2. The molecule has 0 aromatic heterocycles. The van der Waals surface area contributed by atoms with Crippen molar-refractivity contribution in [3.8, 4) is 5.75 Å². The van der Waals surface area contributed by atoms with Gasteiger partial charge in [0.25, 0.3) is 0 Å². The molecule has 6 heteroatoms. The molecule has 4 rings (SSSR count). The van der Waals surface area contributed by atoms with E-state index in [0.717, 1.165) is 48.1 Å². The summed E-state index contributed by atoms with van der Waals surface area (Å²) in [5.74, 6) is 0.619. The van der Waals surface area contributed by atoms with E-state index in [-0.39, 0.29) is 24.3 Å². The summed E-state index contributed by atoms with van der Waals surface area (Å²) >= 11 is 0. The van der Waals surface area contributed by atoms with Gasteiger partial charge in [-0.05, 0) is 47.6 Å². The lowest BCUT2D eigenvalue weighted by Crippen LogP contribution is -2.51. The van der Waals surface area contributed by atoms with Crippen molar-refractivity contribution in [2.75, 3.05) is 7.11 Å². The monoisotopic (exact) mass is 500 g/mol. The molecule has 6 nitrogen and oxygen atoms in total. The van der Waals surface area contributed by atoms with Crippen LogP contribution in [0.25, 0.3) is 0 Å². The van der Waals surface area contributed by atoms with Crippen LogP contribution in [0.1, 0.15) is 54.7 Å². The molecule has 2 atom stereocenters. The Morgan fingerprint density at radius 2 is 1.46 bits per heavy atom. The number of rotatable bonds is 10. The zero-order valence-corrected chi connectivity index (χ0v) is 21.4. The summed E-state index contributed by atoms with van der Waals surface area (Å²) in [5.41, 5.74) is 2.90. The molecule has 2 N–H and O–H groups in total. The lowest BCUT2D eigenvalue weighted by molar-refractivity contribution is -0.124. The fourth-order valence-electron chi connectivity index (χ4n) is 5.16. The molecule has 37 heavy (non-hydrogen) atoms. The minimum atomic E-state index is -0.775. The van der Waals surface area contributed by atoms with Gasteiger partial charge in [0, 0.05) is 12.5 Å². The van der Waals surface area contributed by atoms with Gasteiger partial charge < -0.3 is 20.1 Å². The second kappa shape index (κ2) is 13.5. The van der Waals surface area contributed by atoms with Crippen LogP contribution in [0.5, 0.6) is 5.75 Å². The van der Waals surface area contributed by atoms with E-state index >= 15 is 0 Å². The highest BCUT2D eigenvalue weighted by molar-refractivity contribution is 5.86. The fraction of sp³-hybridized carbons (Fsp3) is 0.355. The summed E-state index contributed by atoms with van der Waals surface area (Å²) in [7, 11) is 1.64. The standard InChI is InChI=1S/C31H36N2O4/c1-36-27-19-17-26(18-20-27)28(25-15-9-4-10-16-25)29(30(34)32-21-23-11-5-2-6-12-23)33-31(35)37-22-24-13-7-3-8-14-24/h2-3,5-8,11-14,17-20,25,28-29H,4,9-10,15-16,21-22H2,1H3,(H,32,34)(H,33,35)/t28-,29-/m1/s1. The molecule has 0 radical (unpaired) electrons. The Balaban J connectivity index is 1.58. The van der Waals surface area contributed by atoms with Gasteiger partial charge >= 0.3 is 6.09 Å². The molecule has 0 saturated heterocycles. The van der Waals surface area contributed by atoms with Crippen LogP contribution < -0.4 is 15.4 Å². The maximum absolute atomic E-state index is 13.7. The van der Waals surface area contributed by atoms with Gasteiger partial charge in [-0.3, -0.25) is 4.79 Å². The molecule has 0 bridgehead atoms. The molecule has 0 spiro atoms. The van der Waals surface area contributed by atoms with Crippen LogP contribution in [0, 0.1) is 5.92 Å². The molecular weight excluding hydrogens is 464 g/mol. The highest BCUT2D eigenvalue weighted by Crippen LogP contribution is 2.39. The van der Waals surface area contributed by atoms with Crippen LogP contribution >= 0.6 is 0 Å². The first kappa shape index (κ1) is 26.3. The van der Waals surface area contributed by atoms with E-state index in [1.165, 1.54) is 6.42 Å². The van der Waals surface area contributed by atoms with Gasteiger partial charge in [0.05, 0.1) is 7.11 Å². The van der Waals surface area contributed by atoms with Crippen LogP contribution in [-0.2, 0) is 22.7 Å². The van der Waals surface area contributed by atoms with Crippen molar-refractivity contribution in [3.63, 3.8) is 0 Å². The van der Waals surface area contributed by atoms with Gasteiger partial charge in [0.1, 0.15) is 18.4 Å². The van der Waals surface area contributed by atoms with Crippen molar-refractivity contribution in [2.24, 2.45) is 5.92 Å². The minimum absolute atomic E-state index is 0.141. The molecule has 0 unspecified atom stereocenters. The van der Waals surface area contributed by atoms with Gasteiger partial charge in [-0.15, -0.1) is 0 Å². The molecule has 1 fully saturated rings. The third-order valence-electron chi connectivity index (χ3n) is 7.10. The van der Waals surface area contributed by atoms with Gasteiger partial charge in [0.2, 0.25) is 5.91 Å². The number of hydrogen-bond acceptors (Lipinski definition) is 4. The van der Waals surface area contributed by atoms with Gasteiger partial charge in [0.15, 0.2) is 0 Å². The van der Waals surface area contributed by atoms with Crippen molar-refractivity contribution in [3.05, 3.63) is 102 Å². The summed E-state index contributed by atoms with van der Waals surface area (Å²) in [5, 5.41) is 6.00. The van der Waals surface area contributed by atoms with Crippen LogP contribution in [-0.4, -0.2) is 25.2 Å². The third kappa shape index (κ3) is 7.59. The summed E-state index contributed by atoms with van der Waals surface area (Å²) < 4.78 is 10.9. The van der Waals surface area contributed by atoms with Gasteiger partial charge in [-0.1, -0.05) is 92.1 Å². The zero-order valence-electron chi connectivity index (χ0n) is 21.4. The Labute approximate surface area is 219 Å². The topological polar surface area (TPSA) is 76.7 Å². The van der Waals surface area contributed by atoms with Crippen molar-refractivity contribution in [1.29, 1.82) is 0 Å². The maximum atomic E-state index is 13.7. The predicted molar refractivity (Wildman–Crippen MR) is 144 cm³/mol. The Morgan fingerprint density at radius 1 is 0.838 bits per heavy atom. The highest BCUT2D eigenvalue weighted by Gasteiger charge is 2.37. The van der Waals surface area contributed by atoms with Crippen molar-refractivity contribution < 1.29 is 19.1 Å². The number of ether oxygens (including phenoxy) is 2. The van der Waals surface area contributed by atoms with E-state index in [1.807, 2.05) is 84.9 Å². The number of hydrogen-bond donors (Lipinski definition) is 2. The average Bonchev–Trinajstić information content (AvgIpc) is 2.96. The smallest absolute Gasteiger partial charge is 0.408 e. The van der Waals surface area contributed by atoms with Crippen LogP contribution in [0.2, 0.25) is 0 Å². The second-order valence-corrected chi connectivity index (χ2v) is 9.58. The maximum Gasteiger partial charge on any atom is 0.408 e. The number of nitrogens with one attached hydrogen (secondary N) is 2. The van der Waals surface area contributed by atoms with Crippen molar-refractivity contribution >= 4 is 12.0 Å². The van der Waals surface area contributed by atoms with Crippen LogP contribution in [0.3, 0.4) is 0 Å². The molecular formula is C31H36N2O4. The van der Waals surface area contributed by atoms with Crippen molar-refractivity contribution in [1.82, 2.24) is 10.6 Å². The molecule has 0 heterocycles. The quantitative estimate of drug-likeness (QED) is 0.360. The Bertz CT molecular complexity index is 1110. The van der Waals surface area contributed by atoms with Crippen molar-refractivity contribution in [2.45, 2.75) is 57.2 Å². The van der Waals surface area contributed by atoms with E-state index in [9.17, 15) is 9.59 Å². The molecule has 1 aliphatic carbocycles. The third-order valence-corrected chi connectivity index (χ3v) is 7.10. The SMILES string of the molecule is COc1ccc([C@@H](C2CCCCC2)[C@@H](NC(=O)OCc2ccccc2)C(=O)NCc2ccccc2)cc1. The molecule has 194 valence electrons. The lowest BCUT2D eigenvalue weighted by atomic mass is 9.73. The number of carbonyl (C=O) groups excluding carboxylic acids is 2. The highest BCUT2D eigenvalue weighted by atomic mass is 16.5. The second-order valence-electron chi connectivity index (χ2n) is 9.58. The van der Waals surface area contributed by atoms with Crippen LogP contribution in [0.15, 0.2) is 84.9 Å². The summed E-state index contributed by atoms with van der Waals surface area (Å²) in [6.07, 6.45) is 4.86. The van der Waals surface area contributed by atoms with E-state index in [1.54, 1.807) is 7.11 Å². The molecule has 1 aliphatic rings. The summed E-state index contributed by atoms with van der Waals surface area (Å²) in [6, 6.07) is 26.4. The largest absolute Gasteiger partial charge is 0.497 e. The predicted octanol–water partition coefficient (Wildman–Crippen LogP) is 5.97. The summed E-state index contributed by atoms with van der Waals surface area (Å²) in [6.45, 7) is 0.526. The Morgan fingerprint density at radius 3 is 2.08 bits per heavy atom. The number of benzene rings is 3. The Kier molecular flexibility index (Phi) is 9.58. The lowest BCUT2D eigenvalue weighted by Gasteiger charge is -2.36. The minimum Gasteiger partial charge on any atom is -0.497 e. The first-order valence-corrected chi connectivity index (χ1v) is 13.1. The zero-order chi connectivity index (χ0) is 25.9. The number of amides is 2. The van der Waals surface area contributed by atoms with E-state index in [4.69, 9.17) is 9.47 Å². The molecule has 0 aliphatic heterocycles. The molecule has 1 saturated carbocycles. The molecule has 2 amide bonds. The van der Waals surface area contributed by atoms with E-state index in [0.29, 0.717) is 6.54 Å². The van der Waals surface area contributed by atoms with Gasteiger partial charge in [-0.2, -0.15) is 0 Å². The van der Waals surface area contributed by atoms with E-state index < -0.39 is 12.1 Å². The fourth-order valence-corrected chi connectivity index (χ4v) is 5.16. The van der Waals surface area contributed by atoms with Gasteiger partial charge in [-0.25, -0.2) is 4.79 Å². The van der Waals surface area contributed by atoms with E-state index in [2.05, 4.69) is 10.6 Å². The molecule has 3 aromatic rings. The first-order chi connectivity index (χ1) is 18.1. The molecule has 3 aromatic carbocycles. The average molecular weight is 501 g/mol. The normalized spacial score (nSPS) is 15.3. The summed E-state index contributed by atoms with van der Waals surface area (Å²) in [4.78, 5) is 26.7. The first-order valence-electron chi connectivity index (χ1n) is 13.1. The Hall–Kier alpha value is -3.80.